The first kappa shape index (κ1) is 20.7. The summed E-state index contributed by atoms with van der Waals surface area (Å²) in [5, 5.41) is 2.79. The second-order valence-corrected chi connectivity index (χ2v) is 9.66. The van der Waals surface area contributed by atoms with Gasteiger partial charge in [0.25, 0.3) is 0 Å². The maximum Gasteiger partial charge on any atom is 0.407 e. The highest BCUT2D eigenvalue weighted by Crippen LogP contribution is 2.21. The molecular formula is C17H29N3O3S. The van der Waals surface area contributed by atoms with Crippen LogP contribution in [0.3, 0.4) is 0 Å². The minimum absolute atomic E-state index is 0.360. The monoisotopic (exact) mass is 355 g/mol. The van der Waals surface area contributed by atoms with Gasteiger partial charge in [-0.2, -0.15) is 0 Å². The topological polar surface area (TPSA) is 86.3 Å². The van der Waals surface area contributed by atoms with E-state index in [1.54, 1.807) is 27.0 Å². The van der Waals surface area contributed by atoms with Crippen LogP contribution in [0.4, 0.5) is 4.79 Å². The van der Waals surface area contributed by atoms with Crippen molar-refractivity contribution >= 4 is 17.5 Å². The van der Waals surface area contributed by atoms with E-state index in [1.807, 2.05) is 45.9 Å². The summed E-state index contributed by atoms with van der Waals surface area (Å²) in [7, 11) is 0. The van der Waals surface area contributed by atoms with E-state index in [-0.39, 0.29) is 6.04 Å². The normalized spacial score (nSPS) is 16.2. The molecule has 0 aliphatic rings. The molecule has 136 valence electrons. The molecule has 1 aromatic rings. The van der Waals surface area contributed by atoms with Crippen LogP contribution in [-0.2, 0) is 16.1 Å². The van der Waals surface area contributed by atoms with Gasteiger partial charge in [0, 0.05) is 17.6 Å². The van der Waals surface area contributed by atoms with Crippen molar-refractivity contribution in [3.05, 3.63) is 30.1 Å². The summed E-state index contributed by atoms with van der Waals surface area (Å²) in [4.78, 5) is 16.4. The van der Waals surface area contributed by atoms with E-state index in [9.17, 15) is 9.35 Å². The molecule has 1 amide bonds. The summed E-state index contributed by atoms with van der Waals surface area (Å²) in [6.45, 7) is 12.9. The average Bonchev–Trinajstić information content (AvgIpc) is 2.41. The summed E-state index contributed by atoms with van der Waals surface area (Å²) >= 11 is -1.30. The molecule has 0 aromatic carbocycles. The number of amides is 1. The average molecular weight is 356 g/mol. The molecule has 0 fully saturated rings. The van der Waals surface area contributed by atoms with Gasteiger partial charge >= 0.3 is 6.09 Å². The van der Waals surface area contributed by atoms with Crippen LogP contribution in [0.15, 0.2) is 24.4 Å². The highest BCUT2D eigenvalue weighted by atomic mass is 32.2. The number of nitrogens with one attached hydrogen (secondary N) is 2. The van der Waals surface area contributed by atoms with Crippen molar-refractivity contribution in [2.75, 3.05) is 0 Å². The van der Waals surface area contributed by atoms with Crippen molar-refractivity contribution in [3.63, 3.8) is 0 Å². The van der Waals surface area contributed by atoms with Gasteiger partial charge in [-0.05, 0) is 60.6 Å². The Morgan fingerprint density at radius 3 is 2.33 bits per heavy atom. The first-order chi connectivity index (χ1) is 10.9. The van der Waals surface area contributed by atoms with E-state index >= 15 is 0 Å². The molecule has 1 unspecified atom stereocenters. The van der Waals surface area contributed by atoms with Crippen LogP contribution in [0, 0.1) is 0 Å². The van der Waals surface area contributed by atoms with Gasteiger partial charge in [-0.3, -0.25) is 4.98 Å². The molecule has 0 spiro atoms. The van der Waals surface area contributed by atoms with Crippen molar-refractivity contribution in [1.29, 1.82) is 0 Å². The highest BCUT2D eigenvalue weighted by Gasteiger charge is 2.33. The van der Waals surface area contributed by atoms with Crippen LogP contribution in [0.25, 0.3) is 0 Å². The Morgan fingerprint density at radius 1 is 1.25 bits per heavy atom. The third kappa shape index (κ3) is 7.07. The predicted molar refractivity (Wildman–Crippen MR) is 96.8 cm³/mol. The predicted octanol–water partition coefficient (Wildman–Crippen LogP) is 3.09. The van der Waals surface area contributed by atoms with Crippen LogP contribution in [0.2, 0.25) is 0 Å². The Labute approximate surface area is 148 Å². The summed E-state index contributed by atoms with van der Waals surface area (Å²) in [5.74, 6) is 0. The smallest absolute Gasteiger partial charge is 0.407 e. The van der Waals surface area contributed by atoms with E-state index in [2.05, 4.69) is 15.0 Å². The first-order valence-corrected chi connectivity index (χ1v) is 9.13. The Balaban J connectivity index is 2.91. The van der Waals surface area contributed by atoms with Gasteiger partial charge in [-0.1, -0.05) is 6.07 Å². The molecule has 0 radical (unpaired) electrons. The van der Waals surface area contributed by atoms with Crippen LogP contribution < -0.4 is 10.0 Å². The number of ether oxygens (including phenoxy) is 1. The zero-order valence-corrected chi connectivity index (χ0v) is 16.4. The molecule has 0 aliphatic heterocycles. The minimum Gasteiger partial charge on any atom is -0.598 e. The van der Waals surface area contributed by atoms with Crippen molar-refractivity contribution in [2.45, 2.75) is 70.9 Å². The largest absolute Gasteiger partial charge is 0.598 e. The van der Waals surface area contributed by atoms with Crippen molar-refractivity contribution in [1.82, 2.24) is 15.0 Å². The molecule has 2 N–H and O–H groups in total. The number of carbonyl (C=O) groups is 1. The summed E-state index contributed by atoms with van der Waals surface area (Å²) in [5.41, 5.74) is 0.130. The van der Waals surface area contributed by atoms with Crippen molar-refractivity contribution < 1.29 is 14.1 Å². The molecule has 1 rings (SSSR count). The fraction of sp³-hybridized carbons (Fsp3) is 0.647. The van der Waals surface area contributed by atoms with Gasteiger partial charge in [-0.25, -0.2) is 4.79 Å². The van der Waals surface area contributed by atoms with Gasteiger partial charge in [0.1, 0.15) is 16.4 Å². The number of nitrogens with zero attached hydrogens (tertiary/aromatic N) is 1. The lowest BCUT2D eigenvalue weighted by molar-refractivity contribution is 0.0499. The number of rotatable bonds is 5. The fourth-order valence-electron chi connectivity index (χ4n) is 1.85. The Bertz CT molecular complexity index is 526. The molecule has 0 saturated heterocycles. The van der Waals surface area contributed by atoms with E-state index in [4.69, 9.17) is 4.74 Å². The molecule has 7 heteroatoms. The number of aromatic nitrogens is 1. The molecule has 6 nitrogen and oxygen atoms in total. The third-order valence-corrected chi connectivity index (χ3v) is 4.62. The minimum atomic E-state index is -1.30. The van der Waals surface area contributed by atoms with E-state index in [0.29, 0.717) is 5.69 Å². The zero-order chi connectivity index (χ0) is 18.5. The lowest BCUT2D eigenvalue weighted by Gasteiger charge is -2.31. The lowest BCUT2D eigenvalue weighted by atomic mass is 10.1. The van der Waals surface area contributed by atoms with Crippen LogP contribution in [0.1, 0.15) is 60.2 Å². The fourth-order valence-corrected chi connectivity index (χ4v) is 2.76. The summed E-state index contributed by atoms with van der Waals surface area (Å²) in [6.07, 6.45) is 1.16. The van der Waals surface area contributed by atoms with Crippen LogP contribution in [0.5, 0.6) is 0 Å². The number of pyridine rings is 1. The molecule has 1 aromatic heterocycles. The maximum atomic E-state index is 12.5. The summed E-state index contributed by atoms with van der Waals surface area (Å²) in [6, 6.07) is 4.75. The Morgan fingerprint density at radius 2 is 1.88 bits per heavy atom. The van der Waals surface area contributed by atoms with Crippen LogP contribution >= 0.6 is 0 Å². The molecule has 0 aliphatic carbocycles. The molecular weight excluding hydrogens is 326 g/mol. The number of hydrogen-bond acceptors (Lipinski definition) is 5. The quantitative estimate of drug-likeness (QED) is 0.793. The maximum absolute atomic E-state index is 12.5. The molecule has 0 saturated carbocycles. The molecule has 1 heterocycles. The summed E-state index contributed by atoms with van der Waals surface area (Å²) < 4.78 is 20.4. The highest BCUT2D eigenvalue weighted by molar-refractivity contribution is 7.90. The van der Waals surface area contributed by atoms with Gasteiger partial charge in [-0.15, -0.1) is 4.72 Å². The van der Waals surface area contributed by atoms with Crippen molar-refractivity contribution in [3.8, 4) is 0 Å². The van der Waals surface area contributed by atoms with E-state index in [0.717, 1.165) is 0 Å². The standard InChI is InChI=1S/C17H29N3O3S/c1-12(19-15(21)23-16(2,3)4)14(13-10-8-9-11-18-13)20-24(22)17(5,6)7/h8-12,14,20H,1-7H3,(H,19,21)/t12-,14-,24?/m0/s1. The van der Waals surface area contributed by atoms with Gasteiger partial charge < -0.3 is 14.6 Å². The number of hydrogen-bond donors (Lipinski definition) is 2. The Kier molecular flexibility index (Phi) is 7.07. The lowest BCUT2D eigenvalue weighted by Crippen LogP contribution is -2.49. The number of alkyl carbamates (subject to hydrolysis) is 1. The van der Waals surface area contributed by atoms with Gasteiger partial charge in [0.15, 0.2) is 0 Å². The SMILES string of the molecule is C[C@H](NC(=O)OC(C)(C)C)[C@H](N[S+]([O-])C(C)(C)C)c1ccccn1. The molecule has 0 bridgehead atoms. The zero-order valence-electron chi connectivity index (χ0n) is 15.5. The van der Waals surface area contributed by atoms with Gasteiger partial charge in [0.2, 0.25) is 0 Å². The first-order valence-electron chi connectivity index (χ1n) is 7.98. The molecule has 3 atom stereocenters. The molecule has 24 heavy (non-hydrogen) atoms. The van der Waals surface area contributed by atoms with E-state index < -0.39 is 33.8 Å². The van der Waals surface area contributed by atoms with E-state index in [1.165, 1.54) is 0 Å². The third-order valence-electron chi connectivity index (χ3n) is 3.04. The second kappa shape index (κ2) is 8.18. The number of carbonyl (C=O) groups excluding carboxylic acids is 1. The van der Waals surface area contributed by atoms with Crippen LogP contribution in [-0.4, -0.2) is 32.0 Å². The van der Waals surface area contributed by atoms with Gasteiger partial charge in [0.05, 0.1) is 11.7 Å². The second-order valence-electron chi connectivity index (χ2n) is 7.67. The van der Waals surface area contributed by atoms with Crippen molar-refractivity contribution in [2.24, 2.45) is 0 Å². The Hall–Kier alpha value is -1.31.